The molecule has 4 heterocycles. The Morgan fingerprint density at radius 2 is 2.17 bits per heavy atom. The number of hydrogen-bond acceptors (Lipinski definition) is 5. The van der Waals surface area contributed by atoms with Crippen LogP contribution >= 0.6 is 11.3 Å². The van der Waals surface area contributed by atoms with Crippen LogP contribution in [0.1, 0.15) is 54.8 Å². The van der Waals surface area contributed by atoms with Crippen LogP contribution in [-0.4, -0.2) is 40.5 Å². The number of likely N-dealkylation sites (tertiary alicyclic amines) is 2. The summed E-state index contributed by atoms with van der Waals surface area (Å²) in [7, 11) is 0. The summed E-state index contributed by atoms with van der Waals surface area (Å²) in [6.07, 6.45) is 4.33. The molecule has 2 saturated heterocycles. The minimum Gasteiger partial charge on any atom is -0.361 e. The lowest BCUT2D eigenvalue weighted by Gasteiger charge is -2.28. The van der Waals surface area contributed by atoms with Crippen molar-refractivity contribution < 1.29 is 9.32 Å². The molecule has 6 heteroatoms. The van der Waals surface area contributed by atoms with Gasteiger partial charge in [-0.15, -0.1) is 0 Å². The van der Waals surface area contributed by atoms with E-state index in [0.717, 1.165) is 50.2 Å². The molecule has 0 radical (unpaired) electrons. The zero-order chi connectivity index (χ0) is 16.5. The minimum atomic E-state index is 0.216. The van der Waals surface area contributed by atoms with Crippen molar-refractivity contribution >= 4 is 17.2 Å². The van der Waals surface area contributed by atoms with Gasteiger partial charge in [-0.05, 0) is 61.5 Å². The van der Waals surface area contributed by atoms with Crippen LogP contribution < -0.4 is 0 Å². The Hall–Kier alpha value is -1.66. The molecule has 0 bridgehead atoms. The Morgan fingerprint density at radius 1 is 1.33 bits per heavy atom. The molecule has 24 heavy (non-hydrogen) atoms. The first-order chi connectivity index (χ1) is 11.7. The molecule has 2 aliphatic rings. The number of aromatic nitrogens is 1. The van der Waals surface area contributed by atoms with Crippen molar-refractivity contribution in [3.63, 3.8) is 0 Å². The number of aryl methyl sites for hydroxylation is 1. The smallest absolute Gasteiger partial charge is 0.237 e. The van der Waals surface area contributed by atoms with Gasteiger partial charge in [0, 0.05) is 12.6 Å². The maximum atomic E-state index is 12.9. The standard InChI is InChI=1S/C18H23N3O2S/c1-13-10-15(19-23-13)17-5-2-7-20(17)11-18(22)21-8-3-4-16(21)14-6-9-24-12-14/h6,9-10,12,16-17H,2-5,7-8,11H2,1H3/t16-,17-/m0/s1. The van der Waals surface area contributed by atoms with Gasteiger partial charge in [0.1, 0.15) is 11.5 Å². The van der Waals surface area contributed by atoms with Gasteiger partial charge in [-0.2, -0.15) is 11.3 Å². The highest BCUT2D eigenvalue weighted by Gasteiger charge is 2.34. The Labute approximate surface area is 146 Å². The second-order valence-corrected chi connectivity index (χ2v) is 7.57. The first kappa shape index (κ1) is 15.8. The Kier molecular flexibility index (Phi) is 4.41. The minimum absolute atomic E-state index is 0.216. The number of thiophene rings is 1. The van der Waals surface area contributed by atoms with E-state index in [9.17, 15) is 4.79 Å². The van der Waals surface area contributed by atoms with E-state index in [4.69, 9.17) is 4.52 Å². The zero-order valence-electron chi connectivity index (χ0n) is 14.0. The first-order valence-electron chi connectivity index (χ1n) is 8.71. The van der Waals surface area contributed by atoms with Gasteiger partial charge < -0.3 is 9.42 Å². The molecule has 0 spiro atoms. The van der Waals surface area contributed by atoms with Crippen molar-refractivity contribution in [3.8, 4) is 0 Å². The summed E-state index contributed by atoms with van der Waals surface area (Å²) in [5.74, 6) is 1.08. The lowest BCUT2D eigenvalue weighted by Crippen LogP contribution is -2.39. The highest BCUT2D eigenvalue weighted by atomic mass is 32.1. The summed E-state index contributed by atoms with van der Waals surface area (Å²) < 4.78 is 5.23. The van der Waals surface area contributed by atoms with Crippen LogP contribution in [0.15, 0.2) is 27.4 Å². The van der Waals surface area contributed by atoms with Crippen LogP contribution in [0.25, 0.3) is 0 Å². The Balaban J connectivity index is 1.45. The maximum absolute atomic E-state index is 12.9. The summed E-state index contributed by atoms with van der Waals surface area (Å²) in [4.78, 5) is 17.3. The number of nitrogens with zero attached hydrogens (tertiary/aromatic N) is 3. The van der Waals surface area contributed by atoms with E-state index < -0.39 is 0 Å². The van der Waals surface area contributed by atoms with Gasteiger partial charge in [0.2, 0.25) is 5.91 Å². The van der Waals surface area contributed by atoms with Crippen molar-refractivity contribution in [3.05, 3.63) is 39.9 Å². The van der Waals surface area contributed by atoms with Crippen molar-refractivity contribution in [2.45, 2.75) is 44.7 Å². The topological polar surface area (TPSA) is 49.6 Å². The third kappa shape index (κ3) is 3.00. The summed E-state index contributed by atoms with van der Waals surface area (Å²) in [6.45, 7) is 4.23. The van der Waals surface area contributed by atoms with Crippen LogP contribution in [0.5, 0.6) is 0 Å². The molecule has 0 aliphatic carbocycles. The maximum Gasteiger partial charge on any atom is 0.237 e. The monoisotopic (exact) mass is 345 g/mol. The average Bonchev–Trinajstić information content (AvgIpc) is 3.34. The average molecular weight is 345 g/mol. The van der Waals surface area contributed by atoms with Crippen molar-refractivity contribution in [2.75, 3.05) is 19.6 Å². The summed E-state index contributed by atoms with van der Waals surface area (Å²) >= 11 is 1.71. The molecule has 2 aliphatic heterocycles. The Bertz CT molecular complexity index is 697. The highest BCUT2D eigenvalue weighted by Crippen LogP contribution is 2.35. The predicted molar refractivity (Wildman–Crippen MR) is 92.8 cm³/mol. The van der Waals surface area contributed by atoms with Gasteiger partial charge in [0.25, 0.3) is 0 Å². The van der Waals surface area contributed by atoms with E-state index in [2.05, 4.69) is 31.8 Å². The molecule has 2 aromatic rings. The lowest BCUT2D eigenvalue weighted by molar-refractivity contribution is -0.133. The van der Waals surface area contributed by atoms with Crippen molar-refractivity contribution in [1.82, 2.24) is 15.0 Å². The number of amides is 1. The fourth-order valence-corrected chi connectivity index (χ4v) is 4.74. The van der Waals surface area contributed by atoms with Crippen LogP contribution in [0.2, 0.25) is 0 Å². The molecule has 2 aromatic heterocycles. The highest BCUT2D eigenvalue weighted by molar-refractivity contribution is 7.07. The van der Waals surface area contributed by atoms with E-state index in [0.29, 0.717) is 6.54 Å². The number of carbonyl (C=O) groups is 1. The van der Waals surface area contributed by atoms with E-state index in [1.807, 2.05) is 13.0 Å². The molecule has 0 saturated carbocycles. The third-order valence-corrected chi connectivity index (χ3v) is 5.89. The predicted octanol–water partition coefficient (Wildman–Crippen LogP) is 3.55. The molecule has 0 aromatic carbocycles. The molecule has 5 nitrogen and oxygen atoms in total. The fourth-order valence-electron chi connectivity index (χ4n) is 4.03. The molecule has 2 atom stereocenters. The van der Waals surface area contributed by atoms with E-state index in [1.54, 1.807) is 11.3 Å². The largest absolute Gasteiger partial charge is 0.361 e. The van der Waals surface area contributed by atoms with Gasteiger partial charge in [-0.25, -0.2) is 0 Å². The summed E-state index contributed by atoms with van der Waals surface area (Å²) in [6, 6.07) is 4.63. The third-order valence-electron chi connectivity index (χ3n) is 5.19. The van der Waals surface area contributed by atoms with Crippen LogP contribution in [0.4, 0.5) is 0 Å². The van der Waals surface area contributed by atoms with E-state index in [-0.39, 0.29) is 18.0 Å². The molecular formula is C18H23N3O2S. The molecular weight excluding hydrogens is 322 g/mol. The summed E-state index contributed by atoms with van der Waals surface area (Å²) in [5.41, 5.74) is 2.25. The molecule has 1 amide bonds. The first-order valence-corrected chi connectivity index (χ1v) is 9.65. The molecule has 0 N–H and O–H groups in total. The quantitative estimate of drug-likeness (QED) is 0.850. The van der Waals surface area contributed by atoms with Gasteiger partial charge in [0.05, 0.1) is 18.6 Å². The summed E-state index contributed by atoms with van der Waals surface area (Å²) in [5, 5.41) is 8.44. The van der Waals surface area contributed by atoms with Gasteiger partial charge in [0.15, 0.2) is 0 Å². The number of rotatable bonds is 4. The SMILES string of the molecule is Cc1cc([C@@H]2CCCN2CC(=O)N2CCC[C@H]2c2ccsc2)no1. The van der Waals surface area contributed by atoms with Crippen LogP contribution in [0.3, 0.4) is 0 Å². The molecule has 0 unspecified atom stereocenters. The molecule has 4 rings (SSSR count). The molecule has 128 valence electrons. The number of carbonyl (C=O) groups excluding carboxylic acids is 1. The van der Waals surface area contributed by atoms with E-state index in [1.165, 1.54) is 5.56 Å². The number of hydrogen-bond donors (Lipinski definition) is 0. The van der Waals surface area contributed by atoms with Crippen molar-refractivity contribution in [1.29, 1.82) is 0 Å². The van der Waals surface area contributed by atoms with Crippen molar-refractivity contribution in [2.24, 2.45) is 0 Å². The Morgan fingerprint density at radius 3 is 2.92 bits per heavy atom. The van der Waals surface area contributed by atoms with Gasteiger partial charge in [-0.1, -0.05) is 5.16 Å². The second-order valence-electron chi connectivity index (χ2n) is 6.79. The molecule has 2 fully saturated rings. The normalized spacial score (nSPS) is 24.8. The zero-order valence-corrected chi connectivity index (χ0v) is 14.8. The second kappa shape index (κ2) is 6.69. The van der Waals surface area contributed by atoms with Gasteiger partial charge >= 0.3 is 0 Å². The fraction of sp³-hybridized carbons (Fsp3) is 0.556. The van der Waals surface area contributed by atoms with Crippen LogP contribution in [-0.2, 0) is 4.79 Å². The lowest BCUT2D eigenvalue weighted by atomic mass is 10.1. The van der Waals surface area contributed by atoms with Gasteiger partial charge in [-0.3, -0.25) is 9.69 Å². The van der Waals surface area contributed by atoms with Crippen LogP contribution in [0, 0.1) is 6.92 Å². The van der Waals surface area contributed by atoms with E-state index >= 15 is 0 Å².